The minimum absolute atomic E-state index is 0.488. The van der Waals surface area contributed by atoms with Crippen LogP contribution < -0.4 is 5.32 Å². The lowest BCUT2D eigenvalue weighted by atomic mass is 10.2. The first kappa shape index (κ1) is 13.9. The summed E-state index contributed by atoms with van der Waals surface area (Å²) >= 11 is 0. The number of aromatic nitrogens is 5. The number of fused-ring (bicyclic) bond motifs is 1. The van der Waals surface area contributed by atoms with Crippen LogP contribution in [0.3, 0.4) is 0 Å². The van der Waals surface area contributed by atoms with Gasteiger partial charge in [0.25, 0.3) is 0 Å². The van der Waals surface area contributed by atoms with Gasteiger partial charge in [-0.15, -0.1) is 15.3 Å². The van der Waals surface area contributed by atoms with E-state index in [1.165, 1.54) is 0 Å². The molecule has 0 spiro atoms. The highest BCUT2D eigenvalue weighted by atomic mass is 16.5. The summed E-state index contributed by atoms with van der Waals surface area (Å²) in [7, 11) is 1.64. The molecule has 0 amide bonds. The predicted octanol–water partition coefficient (Wildman–Crippen LogP) is 1.12. The van der Waals surface area contributed by atoms with Crippen molar-refractivity contribution < 1.29 is 4.74 Å². The topological polar surface area (TPSA) is 101 Å². The molecule has 8 heteroatoms. The lowest BCUT2D eigenvalue weighted by molar-refractivity contribution is 0.210. The Morgan fingerprint density at radius 1 is 1.32 bits per heavy atom. The summed E-state index contributed by atoms with van der Waals surface area (Å²) in [6.07, 6.45) is 1.57. The Balaban J connectivity index is 1.99. The monoisotopic (exact) mass is 295 g/mol. The molecule has 0 saturated carbocycles. The van der Waals surface area contributed by atoms with Gasteiger partial charge in [0.1, 0.15) is 11.5 Å². The number of nitriles is 1. The first-order valence-electron chi connectivity index (χ1n) is 6.63. The summed E-state index contributed by atoms with van der Waals surface area (Å²) in [5.41, 5.74) is 1.67. The molecule has 0 aromatic carbocycles. The van der Waals surface area contributed by atoms with Gasteiger partial charge in [0.15, 0.2) is 5.65 Å². The Bertz CT molecular complexity index is 837. The van der Waals surface area contributed by atoms with Crippen LogP contribution in [-0.4, -0.2) is 45.1 Å². The number of pyridine rings is 1. The predicted molar refractivity (Wildman–Crippen MR) is 79.1 cm³/mol. The van der Waals surface area contributed by atoms with E-state index in [2.05, 4.69) is 31.7 Å². The van der Waals surface area contributed by atoms with E-state index in [0.29, 0.717) is 41.7 Å². The fourth-order valence-electron chi connectivity index (χ4n) is 1.95. The average Bonchev–Trinajstić information content (AvgIpc) is 2.98. The Hall–Kier alpha value is -3.05. The first-order valence-corrected chi connectivity index (χ1v) is 6.63. The molecule has 0 aliphatic rings. The molecule has 0 radical (unpaired) electrons. The van der Waals surface area contributed by atoms with Crippen molar-refractivity contribution in [2.75, 3.05) is 25.6 Å². The van der Waals surface area contributed by atoms with Gasteiger partial charge in [-0.2, -0.15) is 9.78 Å². The van der Waals surface area contributed by atoms with E-state index in [-0.39, 0.29) is 0 Å². The molecule has 0 aliphatic heterocycles. The molecule has 3 heterocycles. The van der Waals surface area contributed by atoms with Crippen molar-refractivity contribution in [2.24, 2.45) is 0 Å². The molecule has 0 bridgehead atoms. The molecule has 1 N–H and O–H groups in total. The van der Waals surface area contributed by atoms with E-state index in [1.807, 2.05) is 12.1 Å². The first-order chi connectivity index (χ1) is 10.8. The van der Waals surface area contributed by atoms with Crippen LogP contribution in [0, 0.1) is 11.3 Å². The minimum Gasteiger partial charge on any atom is -0.383 e. The van der Waals surface area contributed by atoms with Crippen molar-refractivity contribution in [3.8, 4) is 17.6 Å². The SMILES string of the molecule is COCCNc1ccc2nnc(-c3cc(C#N)ccn3)n2n1. The zero-order valence-corrected chi connectivity index (χ0v) is 11.9. The third-order valence-electron chi connectivity index (χ3n) is 2.99. The summed E-state index contributed by atoms with van der Waals surface area (Å²) in [4.78, 5) is 4.23. The van der Waals surface area contributed by atoms with Gasteiger partial charge < -0.3 is 10.1 Å². The standard InChI is InChI=1S/C14H13N7O/c1-22-7-6-17-12-2-3-13-18-19-14(21(13)20-12)11-8-10(9-15)4-5-16-11/h2-5,8H,6-7H2,1H3,(H,17,20). The van der Waals surface area contributed by atoms with E-state index < -0.39 is 0 Å². The van der Waals surface area contributed by atoms with Crippen LogP contribution in [0.5, 0.6) is 0 Å². The molecular weight excluding hydrogens is 282 g/mol. The molecule has 3 aromatic heterocycles. The Morgan fingerprint density at radius 2 is 2.23 bits per heavy atom. The number of rotatable bonds is 5. The van der Waals surface area contributed by atoms with Gasteiger partial charge >= 0.3 is 0 Å². The average molecular weight is 295 g/mol. The maximum atomic E-state index is 8.98. The van der Waals surface area contributed by atoms with Crippen molar-refractivity contribution >= 4 is 11.5 Å². The van der Waals surface area contributed by atoms with E-state index in [0.717, 1.165) is 0 Å². The minimum atomic E-state index is 0.488. The molecule has 0 aliphatic carbocycles. The van der Waals surface area contributed by atoms with E-state index in [9.17, 15) is 0 Å². The number of hydrogen-bond acceptors (Lipinski definition) is 7. The Kier molecular flexibility index (Phi) is 3.89. The highest BCUT2D eigenvalue weighted by Crippen LogP contribution is 2.17. The van der Waals surface area contributed by atoms with Gasteiger partial charge in [-0.05, 0) is 24.3 Å². The number of ether oxygens (including phenoxy) is 1. The normalized spacial score (nSPS) is 10.5. The van der Waals surface area contributed by atoms with Crippen LogP contribution in [0.15, 0.2) is 30.5 Å². The van der Waals surface area contributed by atoms with Gasteiger partial charge in [0.05, 0.1) is 18.2 Å². The molecule has 3 aromatic rings. The number of nitrogens with one attached hydrogen (secondary N) is 1. The smallest absolute Gasteiger partial charge is 0.203 e. The van der Waals surface area contributed by atoms with Gasteiger partial charge in [0, 0.05) is 19.9 Å². The van der Waals surface area contributed by atoms with Crippen molar-refractivity contribution in [2.45, 2.75) is 0 Å². The summed E-state index contributed by atoms with van der Waals surface area (Å²) in [5, 5.41) is 24.7. The van der Waals surface area contributed by atoms with E-state index >= 15 is 0 Å². The maximum absolute atomic E-state index is 8.98. The lowest BCUT2D eigenvalue weighted by Crippen LogP contribution is -2.10. The van der Waals surface area contributed by atoms with Crippen LogP contribution >= 0.6 is 0 Å². The number of nitrogens with zero attached hydrogens (tertiary/aromatic N) is 6. The quantitative estimate of drug-likeness (QED) is 0.704. The zero-order chi connectivity index (χ0) is 15.4. The number of hydrogen-bond donors (Lipinski definition) is 1. The summed E-state index contributed by atoms with van der Waals surface area (Å²) < 4.78 is 6.59. The van der Waals surface area contributed by atoms with Gasteiger partial charge in [-0.25, -0.2) is 0 Å². The molecule has 0 unspecified atom stereocenters. The van der Waals surface area contributed by atoms with Gasteiger partial charge in [0.2, 0.25) is 5.82 Å². The summed E-state index contributed by atoms with van der Waals surface area (Å²) in [6, 6.07) is 9.01. The van der Waals surface area contributed by atoms with Crippen molar-refractivity contribution in [1.29, 1.82) is 5.26 Å². The molecule has 22 heavy (non-hydrogen) atoms. The summed E-state index contributed by atoms with van der Waals surface area (Å²) in [5.74, 6) is 1.17. The molecule has 0 fully saturated rings. The lowest BCUT2D eigenvalue weighted by Gasteiger charge is -2.05. The third-order valence-corrected chi connectivity index (χ3v) is 2.99. The highest BCUT2D eigenvalue weighted by molar-refractivity contribution is 5.57. The van der Waals surface area contributed by atoms with Crippen LogP contribution in [-0.2, 0) is 4.74 Å². The number of methoxy groups -OCH3 is 1. The van der Waals surface area contributed by atoms with Crippen LogP contribution in [0.25, 0.3) is 17.2 Å². The zero-order valence-electron chi connectivity index (χ0n) is 11.9. The molecule has 0 saturated heterocycles. The third kappa shape index (κ3) is 2.70. The maximum Gasteiger partial charge on any atom is 0.203 e. The van der Waals surface area contributed by atoms with Crippen LogP contribution in [0.2, 0.25) is 0 Å². The second-order valence-electron chi connectivity index (χ2n) is 4.47. The van der Waals surface area contributed by atoms with Gasteiger partial charge in [-0.3, -0.25) is 4.98 Å². The van der Waals surface area contributed by atoms with Crippen LogP contribution in [0.4, 0.5) is 5.82 Å². The Labute approximate surface area is 126 Å². The van der Waals surface area contributed by atoms with E-state index in [1.54, 1.807) is 30.0 Å². The largest absolute Gasteiger partial charge is 0.383 e. The molecular formula is C14H13N7O. The number of anilines is 1. The van der Waals surface area contributed by atoms with E-state index in [4.69, 9.17) is 10.00 Å². The summed E-state index contributed by atoms with van der Waals surface area (Å²) in [6.45, 7) is 1.23. The fraction of sp³-hybridized carbons (Fsp3) is 0.214. The fourth-order valence-corrected chi connectivity index (χ4v) is 1.95. The second-order valence-corrected chi connectivity index (χ2v) is 4.47. The second kappa shape index (κ2) is 6.15. The van der Waals surface area contributed by atoms with Crippen molar-refractivity contribution in [1.82, 2.24) is 24.8 Å². The molecule has 8 nitrogen and oxygen atoms in total. The molecule has 0 atom stereocenters. The highest BCUT2D eigenvalue weighted by Gasteiger charge is 2.11. The van der Waals surface area contributed by atoms with Gasteiger partial charge in [-0.1, -0.05) is 0 Å². The molecule has 110 valence electrons. The molecule has 3 rings (SSSR count). The Morgan fingerprint density at radius 3 is 3.05 bits per heavy atom. The van der Waals surface area contributed by atoms with Crippen molar-refractivity contribution in [3.05, 3.63) is 36.0 Å². The van der Waals surface area contributed by atoms with Crippen LogP contribution in [0.1, 0.15) is 5.56 Å². The van der Waals surface area contributed by atoms with Crippen molar-refractivity contribution in [3.63, 3.8) is 0 Å².